The Kier molecular flexibility index (Phi) is 4.37. The second kappa shape index (κ2) is 6.02. The quantitative estimate of drug-likeness (QED) is 0.753. The molecule has 1 aromatic rings. The highest BCUT2D eigenvalue weighted by molar-refractivity contribution is 5.14. The molecule has 1 fully saturated rings. The van der Waals surface area contributed by atoms with Crippen LogP contribution in [0, 0.1) is 0 Å². The maximum Gasteiger partial charge on any atom is 0.0702 e. The Morgan fingerprint density at radius 3 is 2.81 bits per heavy atom. The Labute approximate surface area is 98.2 Å². The highest BCUT2D eigenvalue weighted by Gasteiger charge is 2.16. The molecule has 1 aromatic carbocycles. The van der Waals surface area contributed by atoms with Crippen LogP contribution in [0.4, 0.5) is 0 Å². The summed E-state index contributed by atoms with van der Waals surface area (Å²) in [6.07, 6.45) is 4.07. The van der Waals surface area contributed by atoms with Crippen molar-refractivity contribution in [2.45, 2.75) is 25.4 Å². The fraction of sp³-hybridized carbons (Fsp3) is 0.571. The van der Waals surface area contributed by atoms with Crippen molar-refractivity contribution in [2.75, 3.05) is 26.7 Å². The summed E-state index contributed by atoms with van der Waals surface area (Å²) in [5.41, 5.74) is 1.42. The first-order valence-electron chi connectivity index (χ1n) is 6.18. The third-order valence-electron chi connectivity index (χ3n) is 3.16. The molecule has 0 amide bonds. The van der Waals surface area contributed by atoms with Crippen LogP contribution in [0.25, 0.3) is 0 Å². The van der Waals surface area contributed by atoms with Gasteiger partial charge in [0.2, 0.25) is 0 Å². The van der Waals surface area contributed by atoms with E-state index in [9.17, 15) is 0 Å². The molecular formula is C14H21NO. The zero-order chi connectivity index (χ0) is 11.2. The molecule has 0 saturated carbocycles. The molecule has 0 aromatic heterocycles. The minimum atomic E-state index is 0.473. The third-order valence-corrected chi connectivity index (χ3v) is 3.16. The van der Waals surface area contributed by atoms with E-state index in [1.165, 1.54) is 18.4 Å². The molecule has 0 radical (unpaired) electrons. The minimum absolute atomic E-state index is 0.473. The van der Waals surface area contributed by atoms with Gasteiger partial charge in [-0.2, -0.15) is 0 Å². The van der Waals surface area contributed by atoms with Gasteiger partial charge in [-0.3, -0.25) is 0 Å². The van der Waals surface area contributed by atoms with Gasteiger partial charge in [0.05, 0.1) is 6.10 Å². The molecule has 1 aliphatic heterocycles. The van der Waals surface area contributed by atoms with Gasteiger partial charge in [-0.25, -0.2) is 0 Å². The van der Waals surface area contributed by atoms with Crippen molar-refractivity contribution >= 4 is 0 Å². The number of hydrogen-bond acceptors (Lipinski definition) is 2. The topological polar surface area (TPSA) is 12.5 Å². The van der Waals surface area contributed by atoms with Crippen LogP contribution in [0.2, 0.25) is 0 Å². The van der Waals surface area contributed by atoms with Crippen LogP contribution in [0.1, 0.15) is 18.4 Å². The lowest BCUT2D eigenvalue weighted by Gasteiger charge is -2.20. The number of likely N-dealkylation sites (N-methyl/N-ethyl adjacent to an activating group) is 1. The smallest absolute Gasteiger partial charge is 0.0702 e. The number of nitrogens with zero attached hydrogens (tertiary/aromatic N) is 1. The molecule has 16 heavy (non-hydrogen) atoms. The maximum atomic E-state index is 5.63. The van der Waals surface area contributed by atoms with Crippen molar-refractivity contribution in [3.05, 3.63) is 35.9 Å². The van der Waals surface area contributed by atoms with E-state index in [0.29, 0.717) is 6.10 Å². The highest BCUT2D eigenvalue weighted by atomic mass is 16.5. The third kappa shape index (κ3) is 3.62. The molecule has 88 valence electrons. The Balaban J connectivity index is 1.69. The zero-order valence-electron chi connectivity index (χ0n) is 10.1. The molecule has 1 saturated heterocycles. The molecule has 0 spiro atoms. The summed E-state index contributed by atoms with van der Waals surface area (Å²) in [6.45, 7) is 3.15. The van der Waals surface area contributed by atoms with Crippen LogP contribution in [0.15, 0.2) is 30.3 Å². The van der Waals surface area contributed by atoms with E-state index in [-0.39, 0.29) is 0 Å². The molecule has 1 aliphatic rings. The number of benzene rings is 1. The van der Waals surface area contributed by atoms with Crippen LogP contribution in [-0.2, 0) is 11.2 Å². The van der Waals surface area contributed by atoms with Gasteiger partial charge in [0, 0.05) is 19.7 Å². The minimum Gasteiger partial charge on any atom is -0.377 e. The summed E-state index contributed by atoms with van der Waals surface area (Å²) < 4.78 is 5.63. The van der Waals surface area contributed by atoms with Crippen molar-refractivity contribution in [2.24, 2.45) is 0 Å². The van der Waals surface area contributed by atoms with E-state index in [1.54, 1.807) is 0 Å². The lowest BCUT2D eigenvalue weighted by Crippen LogP contribution is -2.30. The molecule has 0 bridgehead atoms. The highest BCUT2D eigenvalue weighted by Crippen LogP contribution is 2.12. The van der Waals surface area contributed by atoms with Crippen LogP contribution in [0.3, 0.4) is 0 Å². The van der Waals surface area contributed by atoms with Crippen molar-refractivity contribution in [3.63, 3.8) is 0 Å². The first kappa shape index (κ1) is 11.6. The van der Waals surface area contributed by atoms with E-state index in [2.05, 4.69) is 42.3 Å². The largest absolute Gasteiger partial charge is 0.377 e. The lowest BCUT2D eigenvalue weighted by molar-refractivity contribution is 0.0815. The molecule has 2 rings (SSSR count). The molecule has 1 atom stereocenters. The molecular weight excluding hydrogens is 198 g/mol. The number of ether oxygens (including phenoxy) is 1. The Morgan fingerprint density at radius 1 is 1.31 bits per heavy atom. The van der Waals surface area contributed by atoms with Crippen LogP contribution < -0.4 is 0 Å². The molecule has 0 aliphatic carbocycles. The fourth-order valence-corrected chi connectivity index (χ4v) is 2.19. The van der Waals surface area contributed by atoms with Crippen molar-refractivity contribution in [1.29, 1.82) is 0 Å². The van der Waals surface area contributed by atoms with Gasteiger partial charge in [-0.05, 0) is 31.9 Å². The Bertz CT molecular complexity index is 293. The van der Waals surface area contributed by atoms with E-state index >= 15 is 0 Å². The summed E-state index contributed by atoms with van der Waals surface area (Å²) in [4.78, 5) is 2.38. The predicted molar refractivity (Wildman–Crippen MR) is 66.6 cm³/mol. The Hall–Kier alpha value is -0.860. The summed E-state index contributed by atoms with van der Waals surface area (Å²) in [7, 11) is 2.19. The second-order valence-electron chi connectivity index (χ2n) is 4.63. The maximum absolute atomic E-state index is 5.63. The van der Waals surface area contributed by atoms with Gasteiger partial charge >= 0.3 is 0 Å². The van der Waals surface area contributed by atoms with Crippen LogP contribution in [-0.4, -0.2) is 37.7 Å². The normalized spacial score (nSPS) is 20.5. The SMILES string of the molecule is CN(CCc1ccccc1)CC1CCCO1. The van der Waals surface area contributed by atoms with Crippen LogP contribution >= 0.6 is 0 Å². The lowest BCUT2D eigenvalue weighted by atomic mass is 10.1. The molecule has 2 heteroatoms. The van der Waals surface area contributed by atoms with Gasteiger partial charge in [0.1, 0.15) is 0 Å². The molecule has 1 heterocycles. The first-order chi connectivity index (χ1) is 7.84. The molecule has 0 N–H and O–H groups in total. The number of rotatable bonds is 5. The number of hydrogen-bond donors (Lipinski definition) is 0. The van der Waals surface area contributed by atoms with Gasteiger partial charge in [-0.1, -0.05) is 30.3 Å². The zero-order valence-corrected chi connectivity index (χ0v) is 10.1. The summed E-state index contributed by atoms with van der Waals surface area (Å²) in [6, 6.07) is 10.7. The van der Waals surface area contributed by atoms with Crippen molar-refractivity contribution < 1.29 is 4.74 Å². The van der Waals surface area contributed by atoms with Gasteiger partial charge < -0.3 is 9.64 Å². The molecule has 1 unspecified atom stereocenters. The summed E-state index contributed by atoms with van der Waals surface area (Å²) in [5, 5.41) is 0. The first-order valence-corrected chi connectivity index (χ1v) is 6.18. The van der Waals surface area contributed by atoms with E-state index in [1.807, 2.05) is 0 Å². The molecule has 2 nitrogen and oxygen atoms in total. The summed E-state index contributed by atoms with van der Waals surface area (Å²) in [5.74, 6) is 0. The average molecular weight is 219 g/mol. The Morgan fingerprint density at radius 2 is 2.12 bits per heavy atom. The van der Waals surface area contributed by atoms with E-state index in [0.717, 1.165) is 26.1 Å². The van der Waals surface area contributed by atoms with Gasteiger partial charge in [0.25, 0.3) is 0 Å². The van der Waals surface area contributed by atoms with E-state index < -0.39 is 0 Å². The van der Waals surface area contributed by atoms with Crippen molar-refractivity contribution in [1.82, 2.24) is 4.90 Å². The van der Waals surface area contributed by atoms with Gasteiger partial charge in [-0.15, -0.1) is 0 Å². The van der Waals surface area contributed by atoms with Crippen LogP contribution in [0.5, 0.6) is 0 Å². The summed E-state index contributed by atoms with van der Waals surface area (Å²) >= 11 is 0. The van der Waals surface area contributed by atoms with E-state index in [4.69, 9.17) is 4.74 Å². The van der Waals surface area contributed by atoms with Crippen molar-refractivity contribution in [3.8, 4) is 0 Å². The van der Waals surface area contributed by atoms with Gasteiger partial charge in [0.15, 0.2) is 0 Å². The average Bonchev–Trinajstić information content (AvgIpc) is 2.81. The monoisotopic (exact) mass is 219 g/mol. The predicted octanol–water partition coefficient (Wildman–Crippen LogP) is 2.34. The second-order valence-corrected chi connectivity index (χ2v) is 4.63. The standard InChI is InChI=1S/C14H21NO/c1-15(12-14-8-5-11-16-14)10-9-13-6-3-2-4-7-13/h2-4,6-7,14H,5,8-12H2,1H3. The fourth-order valence-electron chi connectivity index (χ4n) is 2.19.